The summed E-state index contributed by atoms with van der Waals surface area (Å²) in [7, 11) is -0.300. The van der Waals surface area contributed by atoms with Gasteiger partial charge in [-0.15, -0.1) is 0 Å². The van der Waals surface area contributed by atoms with Gasteiger partial charge in [0.25, 0.3) is 10.2 Å². The third kappa shape index (κ3) is 3.55. The summed E-state index contributed by atoms with van der Waals surface area (Å²) < 4.78 is 33.1. The van der Waals surface area contributed by atoms with Gasteiger partial charge in [-0.1, -0.05) is 19.1 Å². The summed E-state index contributed by atoms with van der Waals surface area (Å²) in [5.74, 6) is 0.903. The van der Waals surface area contributed by atoms with E-state index in [4.69, 9.17) is 10.5 Å². The topological polar surface area (TPSA) is 75.9 Å². The van der Waals surface area contributed by atoms with Crippen molar-refractivity contribution < 1.29 is 13.2 Å². The molecule has 1 aromatic carbocycles. The normalized spacial score (nSPS) is 23.7. The molecule has 21 heavy (non-hydrogen) atoms. The smallest absolute Gasteiger partial charge is 0.282 e. The van der Waals surface area contributed by atoms with E-state index in [1.807, 2.05) is 31.2 Å². The molecule has 0 aliphatic carbocycles. The maximum Gasteiger partial charge on any atom is 0.282 e. The highest BCUT2D eigenvalue weighted by molar-refractivity contribution is 7.86. The van der Waals surface area contributed by atoms with E-state index in [0.717, 1.165) is 11.3 Å². The monoisotopic (exact) mass is 313 g/mol. The fraction of sp³-hybridized carbons (Fsp3) is 0.571. The zero-order chi connectivity index (χ0) is 15.6. The molecule has 2 unspecified atom stereocenters. The number of nitrogens with two attached hydrogens (primary N) is 1. The quantitative estimate of drug-likeness (QED) is 0.866. The Kier molecular flexibility index (Phi) is 4.88. The van der Waals surface area contributed by atoms with Gasteiger partial charge in [-0.05, 0) is 23.6 Å². The largest absolute Gasteiger partial charge is 0.497 e. The molecule has 0 amide bonds. The van der Waals surface area contributed by atoms with Crippen molar-refractivity contribution in [1.82, 2.24) is 8.61 Å². The van der Waals surface area contributed by atoms with Gasteiger partial charge in [-0.2, -0.15) is 17.0 Å². The van der Waals surface area contributed by atoms with Crippen molar-refractivity contribution in [1.29, 1.82) is 0 Å². The van der Waals surface area contributed by atoms with Crippen molar-refractivity contribution in [3.63, 3.8) is 0 Å². The molecule has 2 N–H and O–H groups in total. The predicted octanol–water partition coefficient (Wildman–Crippen LogP) is 0.651. The lowest BCUT2D eigenvalue weighted by atomic mass is 10.1. The van der Waals surface area contributed by atoms with Crippen LogP contribution in [0.3, 0.4) is 0 Å². The number of hydrogen-bond acceptors (Lipinski definition) is 4. The number of ether oxygens (including phenoxy) is 1. The summed E-state index contributed by atoms with van der Waals surface area (Å²) in [5.41, 5.74) is 6.80. The molecule has 0 spiro atoms. The number of methoxy groups -OCH3 is 1. The molecule has 1 aliphatic heterocycles. The van der Waals surface area contributed by atoms with E-state index in [-0.39, 0.29) is 12.0 Å². The van der Waals surface area contributed by atoms with Gasteiger partial charge in [0.2, 0.25) is 0 Å². The van der Waals surface area contributed by atoms with Crippen molar-refractivity contribution in [3.8, 4) is 5.75 Å². The molecule has 1 heterocycles. The highest BCUT2D eigenvalue weighted by Crippen LogP contribution is 2.21. The average molecular weight is 313 g/mol. The predicted molar refractivity (Wildman–Crippen MR) is 82.1 cm³/mol. The molecule has 1 saturated heterocycles. The number of benzene rings is 1. The summed E-state index contributed by atoms with van der Waals surface area (Å²) in [4.78, 5) is 0. The molecule has 1 aromatic rings. The third-order valence-corrected chi connectivity index (χ3v) is 5.76. The van der Waals surface area contributed by atoms with Crippen molar-refractivity contribution >= 4 is 10.2 Å². The second kappa shape index (κ2) is 6.31. The molecule has 0 saturated carbocycles. The number of nitrogens with zero attached hydrogens (tertiary/aromatic N) is 2. The second-order valence-electron chi connectivity index (χ2n) is 5.57. The van der Waals surface area contributed by atoms with Crippen LogP contribution in [0, 0.1) is 5.92 Å². The lowest BCUT2D eigenvalue weighted by molar-refractivity contribution is 0.384. The molecule has 2 atom stereocenters. The lowest BCUT2D eigenvalue weighted by Gasteiger charge is -2.24. The molecule has 2 rings (SSSR count). The van der Waals surface area contributed by atoms with Gasteiger partial charge >= 0.3 is 0 Å². The van der Waals surface area contributed by atoms with Crippen molar-refractivity contribution in [2.45, 2.75) is 19.5 Å². The van der Waals surface area contributed by atoms with Gasteiger partial charge in [0, 0.05) is 32.7 Å². The molecule has 1 fully saturated rings. The first-order valence-electron chi connectivity index (χ1n) is 6.94. The van der Waals surface area contributed by atoms with Gasteiger partial charge in [0.05, 0.1) is 7.11 Å². The number of hydrogen-bond donors (Lipinski definition) is 1. The van der Waals surface area contributed by atoms with Gasteiger partial charge in [0.15, 0.2) is 0 Å². The van der Waals surface area contributed by atoms with E-state index in [2.05, 4.69) is 0 Å². The fourth-order valence-electron chi connectivity index (χ4n) is 2.44. The highest BCUT2D eigenvalue weighted by Gasteiger charge is 2.36. The van der Waals surface area contributed by atoms with Crippen LogP contribution in [0.25, 0.3) is 0 Å². The van der Waals surface area contributed by atoms with Crippen LogP contribution in [0.15, 0.2) is 24.3 Å². The molecular weight excluding hydrogens is 290 g/mol. The van der Waals surface area contributed by atoms with E-state index in [0.29, 0.717) is 19.6 Å². The first-order valence-corrected chi connectivity index (χ1v) is 8.34. The first-order chi connectivity index (χ1) is 9.84. The summed E-state index contributed by atoms with van der Waals surface area (Å²) in [6, 6.07) is 7.31. The van der Waals surface area contributed by atoms with Crippen LogP contribution in [0.4, 0.5) is 0 Å². The van der Waals surface area contributed by atoms with E-state index >= 15 is 0 Å². The van der Waals surface area contributed by atoms with Gasteiger partial charge in [-0.25, -0.2) is 0 Å². The molecule has 7 heteroatoms. The average Bonchev–Trinajstić information content (AvgIpc) is 2.79. The van der Waals surface area contributed by atoms with Crippen LogP contribution in [-0.2, 0) is 16.8 Å². The van der Waals surface area contributed by atoms with Gasteiger partial charge < -0.3 is 10.5 Å². The van der Waals surface area contributed by atoms with Crippen LogP contribution in [0.5, 0.6) is 5.75 Å². The Morgan fingerprint density at radius 3 is 2.71 bits per heavy atom. The molecule has 0 radical (unpaired) electrons. The van der Waals surface area contributed by atoms with Crippen LogP contribution in [0.2, 0.25) is 0 Å². The summed E-state index contributed by atoms with van der Waals surface area (Å²) in [5, 5.41) is 0. The van der Waals surface area contributed by atoms with Crippen molar-refractivity contribution in [3.05, 3.63) is 29.8 Å². The lowest BCUT2D eigenvalue weighted by Crippen LogP contribution is -2.41. The van der Waals surface area contributed by atoms with E-state index in [1.54, 1.807) is 14.2 Å². The molecule has 6 nitrogen and oxygen atoms in total. The molecule has 0 aromatic heterocycles. The van der Waals surface area contributed by atoms with Crippen LogP contribution < -0.4 is 10.5 Å². The Labute approximate surface area is 126 Å². The van der Waals surface area contributed by atoms with Crippen LogP contribution in [-0.4, -0.2) is 50.3 Å². The van der Waals surface area contributed by atoms with Crippen LogP contribution >= 0.6 is 0 Å². The Bertz CT molecular complexity index is 581. The zero-order valence-electron chi connectivity index (χ0n) is 12.7. The summed E-state index contributed by atoms with van der Waals surface area (Å²) in [6.45, 7) is 3.14. The van der Waals surface area contributed by atoms with Crippen molar-refractivity contribution in [2.75, 3.05) is 27.2 Å². The summed E-state index contributed by atoms with van der Waals surface area (Å²) >= 11 is 0. The maximum atomic E-state index is 12.5. The fourth-order valence-corrected chi connectivity index (χ4v) is 3.93. The van der Waals surface area contributed by atoms with E-state index < -0.39 is 10.2 Å². The first kappa shape index (κ1) is 16.2. The minimum atomic E-state index is -3.48. The molecule has 118 valence electrons. The maximum absolute atomic E-state index is 12.5. The summed E-state index contributed by atoms with van der Waals surface area (Å²) in [6.07, 6.45) is 0. The minimum Gasteiger partial charge on any atom is -0.497 e. The Morgan fingerprint density at radius 1 is 1.43 bits per heavy atom. The van der Waals surface area contributed by atoms with Crippen LogP contribution in [0.1, 0.15) is 12.5 Å². The zero-order valence-corrected chi connectivity index (χ0v) is 13.5. The van der Waals surface area contributed by atoms with Gasteiger partial charge in [-0.3, -0.25) is 0 Å². The van der Waals surface area contributed by atoms with Crippen molar-refractivity contribution in [2.24, 2.45) is 11.7 Å². The van der Waals surface area contributed by atoms with Gasteiger partial charge in [0.1, 0.15) is 5.75 Å². The Morgan fingerprint density at radius 2 is 2.14 bits per heavy atom. The Balaban J connectivity index is 2.10. The molecule has 0 bridgehead atoms. The SMILES string of the molecule is COc1cccc(CN(C)S(=O)(=O)N2CC(C)C(N)C2)c1. The Hall–Kier alpha value is -1.15. The second-order valence-corrected chi connectivity index (χ2v) is 7.61. The van der Waals surface area contributed by atoms with E-state index in [9.17, 15) is 8.42 Å². The minimum absolute atomic E-state index is 0.0926. The third-order valence-electron chi connectivity index (χ3n) is 3.90. The number of rotatable bonds is 5. The highest BCUT2D eigenvalue weighted by atomic mass is 32.2. The standard InChI is InChI=1S/C14H23N3O3S/c1-11-8-17(10-14(11)15)21(18,19)16(2)9-12-5-4-6-13(7-12)20-3/h4-7,11,14H,8-10,15H2,1-3H3. The molecule has 1 aliphatic rings. The van der Waals surface area contributed by atoms with E-state index in [1.165, 1.54) is 8.61 Å². The molecular formula is C14H23N3O3S.